The third-order valence-corrected chi connectivity index (χ3v) is 2.72. The molecule has 1 fully saturated rings. The lowest BCUT2D eigenvalue weighted by Gasteiger charge is -2.26. The summed E-state index contributed by atoms with van der Waals surface area (Å²) in [4.78, 5) is 11.7. The molecule has 0 bridgehead atoms. The first kappa shape index (κ1) is 12.8. The monoisotopic (exact) mass is 256 g/mol. The molecule has 1 aromatic carbocycles. The second kappa shape index (κ2) is 5.77. The number of ether oxygens (including phenoxy) is 1. The zero-order valence-corrected chi connectivity index (χ0v) is 9.66. The highest BCUT2D eigenvalue weighted by Gasteiger charge is 2.20. The van der Waals surface area contributed by atoms with Crippen molar-refractivity contribution in [1.29, 1.82) is 0 Å². The van der Waals surface area contributed by atoms with Gasteiger partial charge in [0.1, 0.15) is 5.75 Å². The summed E-state index contributed by atoms with van der Waals surface area (Å²) in [6, 6.07) is 6.16. The van der Waals surface area contributed by atoms with Crippen LogP contribution in [0.2, 0.25) is 0 Å². The molecule has 0 radical (unpaired) electrons. The molecule has 1 saturated heterocycles. The van der Waals surface area contributed by atoms with Crippen LogP contribution in [0.25, 0.3) is 0 Å². The van der Waals surface area contributed by atoms with Crippen LogP contribution in [0.3, 0.4) is 0 Å². The van der Waals surface area contributed by atoms with Crippen LogP contribution in [0.5, 0.6) is 5.75 Å². The van der Waals surface area contributed by atoms with Gasteiger partial charge in [0.2, 0.25) is 5.91 Å². The molecule has 0 aromatic heterocycles. The second-order valence-corrected chi connectivity index (χ2v) is 4.15. The average Bonchev–Trinajstić information content (AvgIpc) is 2.26. The van der Waals surface area contributed by atoms with Crippen LogP contribution in [0.1, 0.15) is 6.42 Å². The van der Waals surface area contributed by atoms with E-state index in [2.05, 4.69) is 15.4 Å². The lowest BCUT2D eigenvalue weighted by molar-refractivity contribution is -0.117. The number of carbonyl (C=O) groups excluding carboxylic acids is 1. The fourth-order valence-corrected chi connectivity index (χ4v) is 1.72. The van der Waals surface area contributed by atoms with E-state index < -0.39 is 6.61 Å². The predicted octanol–water partition coefficient (Wildman–Crippen LogP) is 1.84. The molecule has 0 aliphatic carbocycles. The topological polar surface area (TPSA) is 50.4 Å². The number of nitrogens with one attached hydrogen (secondary N) is 2. The van der Waals surface area contributed by atoms with Gasteiger partial charge in [-0.25, -0.2) is 0 Å². The van der Waals surface area contributed by atoms with E-state index in [1.807, 2.05) is 0 Å². The largest absolute Gasteiger partial charge is 0.433 e. The Bertz CT molecular complexity index is 422. The Morgan fingerprint density at radius 1 is 1.44 bits per heavy atom. The Kier molecular flexibility index (Phi) is 4.09. The Morgan fingerprint density at radius 3 is 2.78 bits per heavy atom. The standard InChI is InChI=1S/C12H14F2N2O2/c13-12(14)18-10-4-2-1-3-9(10)16-11(17)5-8-6-15-7-8/h1-4,8,12,15H,5-7H2,(H,16,17). The number of para-hydroxylation sites is 2. The van der Waals surface area contributed by atoms with E-state index in [9.17, 15) is 13.6 Å². The van der Waals surface area contributed by atoms with Gasteiger partial charge in [0.05, 0.1) is 5.69 Å². The maximum Gasteiger partial charge on any atom is 0.387 e. The number of benzene rings is 1. The van der Waals surface area contributed by atoms with Gasteiger partial charge in [0, 0.05) is 6.42 Å². The Balaban J connectivity index is 1.96. The van der Waals surface area contributed by atoms with Gasteiger partial charge in [-0.3, -0.25) is 4.79 Å². The molecule has 1 aromatic rings. The fraction of sp³-hybridized carbons (Fsp3) is 0.417. The smallest absolute Gasteiger partial charge is 0.387 e. The van der Waals surface area contributed by atoms with Gasteiger partial charge in [-0.15, -0.1) is 0 Å². The quantitative estimate of drug-likeness (QED) is 0.845. The van der Waals surface area contributed by atoms with Crippen LogP contribution < -0.4 is 15.4 Å². The summed E-state index contributed by atoms with van der Waals surface area (Å²) < 4.78 is 28.7. The number of alkyl halides is 2. The minimum absolute atomic E-state index is 0.0208. The van der Waals surface area contributed by atoms with Gasteiger partial charge in [0.15, 0.2) is 0 Å². The second-order valence-electron chi connectivity index (χ2n) is 4.15. The van der Waals surface area contributed by atoms with Gasteiger partial charge in [0.25, 0.3) is 0 Å². The van der Waals surface area contributed by atoms with Gasteiger partial charge >= 0.3 is 6.61 Å². The summed E-state index contributed by atoms with van der Waals surface area (Å²) in [7, 11) is 0. The van der Waals surface area contributed by atoms with E-state index in [-0.39, 0.29) is 17.3 Å². The first-order valence-corrected chi connectivity index (χ1v) is 5.69. The summed E-state index contributed by atoms with van der Waals surface area (Å²) in [6.07, 6.45) is 0.385. The first-order chi connectivity index (χ1) is 8.65. The molecule has 4 nitrogen and oxygen atoms in total. The lowest BCUT2D eigenvalue weighted by atomic mass is 9.99. The SMILES string of the molecule is O=C(CC1CNC1)Nc1ccccc1OC(F)F. The van der Waals surface area contributed by atoms with Crippen LogP contribution in [-0.2, 0) is 4.79 Å². The van der Waals surface area contributed by atoms with E-state index in [0.717, 1.165) is 13.1 Å². The number of carbonyl (C=O) groups is 1. The molecule has 0 spiro atoms. The number of anilines is 1. The lowest BCUT2D eigenvalue weighted by Crippen LogP contribution is -2.43. The maximum atomic E-state index is 12.2. The summed E-state index contributed by atoms with van der Waals surface area (Å²) in [6.45, 7) is -1.26. The third kappa shape index (κ3) is 3.40. The number of hydrogen-bond donors (Lipinski definition) is 2. The van der Waals surface area contributed by atoms with Crippen molar-refractivity contribution in [3.8, 4) is 5.75 Å². The number of rotatable bonds is 5. The molecule has 2 N–H and O–H groups in total. The van der Waals surface area contributed by atoms with Crippen LogP contribution in [-0.4, -0.2) is 25.6 Å². The molecular weight excluding hydrogens is 242 g/mol. The molecule has 18 heavy (non-hydrogen) atoms. The van der Waals surface area contributed by atoms with Crippen LogP contribution >= 0.6 is 0 Å². The van der Waals surface area contributed by atoms with E-state index in [4.69, 9.17) is 0 Å². The normalized spacial score (nSPS) is 15.3. The van der Waals surface area contributed by atoms with Crippen LogP contribution in [0.4, 0.5) is 14.5 Å². The van der Waals surface area contributed by atoms with E-state index in [0.29, 0.717) is 12.3 Å². The maximum absolute atomic E-state index is 12.2. The molecule has 0 saturated carbocycles. The third-order valence-electron chi connectivity index (χ3n) is 2.72. The summed E-state index contributed by atoms with van der Waals surface area (Å²) >= 11 is 0. The Labute approximate surface area is 103 Å². The van der Waals surface area contributed by atoms with Gasteiger partial charge in [-0.2, -0.15) is 8.78 Å². The van der Waals surface area contributed by atoms with Crippen molar-refractivity contribution in [3.05, 3.63) is 24.3 Å². The van der Waals surface area contributed by atoms with Crippen LogP contribution in [0.15, 0.2) is 24.3 Å². The number of amides is 1. The molecule has 0 unspecified atom stereocenters. The molecule has 0 atom stereocenters. The van der Waals surface area contributed by atoms with Crippen molar-refractivity contribution in [2.45, 2.75) is 13.0 Å². The number of halogens is 2. The van der Waals surface area contributed by atoms with Gasteiger partial charge < -0.3 is 15.4 Å². The predicted molar refractivity (Wildman–Crippen MR) is 62.7 cm³/mol. The zero-order valence-electron chi connectivity index (χ0n) is 9.66. The highest BCUT2D eigenvalue weighted by atomic mass is 19.3. The molecule has 6 heteroatoms. The van der Waals surface area contributed by atoms with Crippen molar-refractivity contribution in [2.24, 2.45) is 5.92 Å². The molecule has 2 rings (SSSR count). The van der Waals surface area contributed by atoms with E-state index in [1.165, 1.54) is 12.1 Å². The summed E-state index contributed by atoms with van der Waals surface area (Å²) in [5.41, 5.74) is 0.273. The molecule has 1 heterocycles. The Morgan fingerprint density at radius 2 is 2.17 bits per heavy atom. The van der Waals surface area contributed by atoms with Crippen molar-refractivity contribution < 1.29 is 18.3 Å². The van der Waals surface area contributed by atoms with Gasteiger partial charge in [-0.1, -0.05) is 12.1 Å². The zero-order chi connectivity index (χ0) is 13.0. The first-order valence-electron chi connectivity index (χ1n) is 5.69. The summed E-state index contributed by atoms with van der Waals surface area (Å²) in [5.74, 6) is 0.118. The fourth-order valence-electron chi connectivity index (χ4n) is 1.72. The highest BCUT2D eigenvalue weighted by molar-refractivity contribution is 5.92. The van der Waals surface area contributed by atoms with Crippen molar-refractivity contribution in [1.82, 2.24) is 5.32 Å². The minimum Gasteiger partial charge on any atom is -0.433 e. The minimum atomic E-state index is -2.90. The molecule has 1 amide bonds. The number of hydrogen-bond acceptors (Lipinski definition) is 3. The average molecular weight is 256 g/mol. The van der Waals surface area contributed by atoms with Crippen molar-refractivity contribution in [2.75, 3.05) is 18.4 Å². The van der Waals surface area contributed by atoms with Gasteiger partial charge in [-0.05, 0) is 31.1 Å². The molecular formula is C12H14F2N2O2. The Hall–Kier alpha value is -1.69. The van der Waals surface area contributed by atoms with Crippen LogP contribution in [0, 0.1) is 5.92 Å². The summed E-state index contributed by atoms with van der Waals surface area (Å²) in [5, 5.41) is 5.65. The molecule has 98 valence electrons. The van der Waals surface area contributed by atoms with Crippen molar-refractivity contribution in [3.63, 3.8) is 0 Å². The highest BCUT2D eigenvalue weighted by Crippen LogP contribution is 2.26. The van der Waals surface area contributed by atoms with E-state index in [1.54, 1.807) is 12.1 Å². The molecule has 1 aliphatic rings. The molecule has 1 aliphatic heterocycles. The van der Waals surface area contributed by atoms with Crippen molar-refractivity contribution >= 4 is 11.6 Å². The van der Waals surface area contributed by atoms with E-state index >= 15 is 0 Å².